The second kappa shape index (κ2) is 6.52. The molecule has 5 heteroatoms. The Morgan fingerprint density at radius 2 is 2.18 bits per heavy atom. The molecular weight excluding hydrogens is 222 g/mol. The fraction of sp³-hybridized carbons (Fsp3) is 0.333. The van der Waals surface area contributed by atoms with Gasteiger partial charge in [-0.05, 0) is 18.6 Å². The second-order valence-corrected chi connectivity index (χ2v) is 3.49. The normalized spacial score (nSPS) is 9.71. The summed E-state index contributed by atoms with van der Waals surface area (Å²) in [5.41, 5.74) is 0.583. The number of amides is 1. The molecule has 1 aromatic carbocycles. The van der Waals surface area contributed by atoms with E-state index in [-0.39, 0.29) is 12.3 Å². The molecule has 1 amide bonds. The predicted molar refractivity (Wildman–Crippen MR) is 62.6 cm³/mol. The van der Waals surface area contributed by atoms with Gasteiger partial charge in [-0.2, -0.15) is 0 Å². The van der Waals surface area contributed by atoms with Crippen molar-refractivity contribution in [3.8, 4) is 5.75 Å². The van der Waals surface area contributed by atoms with Crippen LogP contribution in [-0.4, -0.2) is 30.6 Å². The number of hydrogen-bond donors (Lipinski definition) is 2. The van der Waals surface area contributed by atoms with Crippen molar-refractivity contribution in [1.29, 1.82) is 0 Å². The quantitative estimate of drug-likeness (QED) is 0.585. The molecule has 0 aliphatic rings. The van der Waals surface area contributed by atoms with Gasteiger partial charge in [0.1, 0.15) is 5.75 Å². The summed E-state index contributed by atoms with van der Waals surface area (Å²) in [4.78, 5) is 21.9. The van der Waals surface area contributed by atoms with Crippen LogP contribution in [-0.2, 0) is 0 Å². The zero-order chi connectivity index (χ0) is 12.7. The molecule has 0 unspecified atom stereocenters. The van der Waals surface area contributed by atoms with Crippen LogP contribution < -0.4 is 10.1 Å². The molecule has 0 radical (unpaired) electrons. The summed E-state index contributed by atoms with van der Waals surface area (Å²) in [7, 11) is 1.54. The van der Waals surface area contributed by atoms with E-state index in [1.54, 1.807) is 31.4 Å². The lowest BCUT2D eigenvalue weighted by molar-refractivity contribution is 0.0979. The van der Waals surface area contributed by atoms with E-state index in [2.05, 4.69) is 5.32 Å². The number of hydrogen-bond acceptors (Lipinski definition) is 3. The summed E-state index contributed by atoms with van der Waals surface area (Å²) in [6.45, 7) is 0.283. The van der Waals surface area contributed by atoms with Crippen molar-refractivity contribution in [1.82, 2.24) is 5.32 Å². The van der Waals surface area contributed by atoms with Crippen LogP contribution in [0.4, 0.5) is 4.79 Å². The molecule has 0 saturated heterocycles. The largest absolute Gasteiger partial charge is 0.497 e. The Morgan fingerprint density at radius 1 is 1.41 bits per heavy atom. The van der Waals surface area contributed by atoms with E-state index in [1.165, 1.54) is 0 Å². The lowest BCUT2D eigenvalue weighted by atomic mass is 10.1. The number of methoxy groups -OCH3 is 1. The summed E-state index contributed by atoms with van der Waals surface area (Å²) in [5, 5.41) is 10.6. The van der Waals surface area contributed by atoms with Gasteiger partial charge in [0, 0.05) is 18.5 Å². The fourth-order valence-corrected chi connectivity index (χ4v) is 1.39. The number of Topliss-reactive ketones (excluding diaryl/α,β-unsaturated/α-hetero) is 1. The van der Waals surface area contributed by atoms with Crippen LogP contribution in [0.3, 0.4) is 0 Å². The third-order valence-electron chi connectivity index (χ3n) is 2.25. The van der Waals surface area contributed by atoms with Crippen LogP contribution in [0.1, 0.15) is 23.2 Å². The van der Waals surface area contributed by atoms with Crippen LogP contribution in [0.2, 0.25) is 0 Å². The number of carbonyl (C=O) groups is 2. The van der Waals surface area contributed by atoms with Crippen molar-refractivity contribution in [2.75, 3.05) is 13.7 Å². The first-order valence-electron chi connectivity index (χ1n) is 5.27. The molecule has 0 aliphatic heterocycles. The average molecular weight is 237 g/mol. The van der Waals surface area contributed by atoms with Crippen molar-refractivity contribution in [3.05, 3.63) is 29.8 Å². The Balaban J connectivity index is 2.43. The molecule has 0 saturated carbocycles. The zero-order valence-corrected chi connectivity index (χ0v) is 9.60. The Bertz CT molecular complexity index is 403. The van der Waals surface area contributed by atoms with Gasteiger partial charge < -0.3 is 15.2 Å². The minimum absolute atomic E-state index is 0.0175. The Morgan fingerprint density at radius 3 is 2.82 bits per heavy atom. The molecule has 1 rings (SSSR count). The summed E-state index contributed by atoms with van der Waals surface area (Å²) in [5.74, 6) is 0.621. The molecular formula is C12H15NO4. The number of ether oxygens (including phenoxy) is 1. The second-order valence-electron chi connectivity index (χ2n) is 3.49. The highest BCUT2D eigenvalue weighted by Crippen LogP contribution is 2.14. The monoisotopic (exact) mass is 237 g/mol. The van der Waals surface area contributed by atoms with Crippen molar-refractivity contribution >= 4 is 11.9 Å². The number of benzene rings is 1. The van der Waals surface area contributed by atoms with Gasteiger partial charge in [-0.3, -0.25) is 4.79 Å². The molecule has 0 heterocycles. The lowest BCUT2D eigenvalue weighted by Crippen LogP contribution is -2.22. The minimum Gasteiger partial charge on any atom is -0.497 e. The van der Waals surface area contributed by atoms with Crippen molar-refractivity contribution in [2.45, 2.75) is 12.8 Å². The first kappa shape index (κ1) is 13.0. The molecule has 0 bridgehead atoms. The third kappa shape index (κ3) is 4.55. The summed E-state index contributed by atoms with van der Waals surface area (Å²) in [6, 6.07) is 6.91. The standard InChI is InChI=1S/C12H15NO4/c1-17-10-5-2-4-9(8-10)11(14)6-3-7-13-12(15)16/h2,4-5,8,13H,3,6-7H2,1H3,(H,15,16). The maximum absolute atomic E-state index is 11.7. The number of carbonyl (C=O) groups excluding carboxylic acids is 1. The highest BCUT2D eigenvalue weighted by atomic mass is 16.5. The highest BCUT2D eigenvalue weighted by molar-refractivity contribution is 5.96. The van der Waals surface area contributed by atoms with E-state index in [1.807, 2.05) is 0 Å². The van der Waals surface area contributed by atoms with Gasteiger partial charge in [-0.15, -0.1) is 0 Å². The number of carboxylic acid groups (broad SMARTS) is 1. The van der Waals surface area contributed by atoms with Crippen molar-refractivity contribution in [2.24, 2.45) is 0 Å². The summed E-state index contributed by atoms with van der Waals surface area (Å²) in [6.07, 6.45) is -0.269. The molecule has 5 nitrogen and oxygen atoms in total. The third-order valence-corrected chi connectivity index (χ3v) is 2.25. The topological polar surface area (TPSA) is 75.6 Å². The first-order chi connectivity index (χ1) is 8.13. The van der Waals surface area contributed by atoms with E-state index >= 15 is 0 Å². The minimum atomic E-state index is -1.07. The molecule has 1 aromatic rings. The van der Waals surface area contributed by atoms with Crippen molar-refractivity contribution in [3.63, 3.8) is 0 Å². The summed E-state index contributed by atoms with van der Waals surface area (Å²) < 4.78 is 5.02. The number of rotatable bonds is 6. The van der Waals surface area contributed by atoms with Gasteiger partial charge in [-0.1, -0.05) is 12.1 Å². The van der Waals surface area contributed by atoms with Crippen LogP contribution >= 0.6 is 0 Å². The van der Waals surface area contributed by atoms with E-state index in [0.29, 0.717) is 24.2 Å². The molecule has 92 valence electrons. The van der Waals surface area contributed by atoms with E-state index in [0.717, 1.165) is 0 Å². The summed E-state index contributed by atoms with van der Waals surface area (Å²) >= 11 is 0. The molecule has 0 atom stereocenters. The highest BCUT2D eigenvalue weighted by Gasteiger charge is 2.06. The molecule has 0 spiro atoms. The molecule has 0 aliphatic carbocycles. The average Bonchev–Trinajstić information content (AvgIpc) is 2.34. The predicted octanol–water partition coefficient (Wildman–Crippen LogP) is 1.93. The van der Waals surface area contributed by atoms with Gasteiger partial charge in [-0.25, -0.2) is 4.79 Å². The molecule has 2 N–H and O–H groups in total. The van der Waals surface area contributed by atoms with E-state index in [4.69, 9.17) is 9.84 Å². The van der Waals surface area contributed by atoms with Crippen LogP contribution in [0.25, 0.3) is 0 Å². The van der Waals surface area contributed by atoms with Crippen LogP contribution in [0.15, 0.2) is 24.3 Å². The molecule has 0 fully saturated rings. The van der Waals surface area contributed by atoms with Crippen LogP contribution in [0, 0.1) is 0 Å². The zero-order valence-electron chi connectivity index (χ0n) is 9.60. The van der Waals surface area contributed by atoms with Gasteiger partial charge in [0.2, 0.25) is 0 Å². The number of nitrogens with one attached hydrogen (secondary N) is 1. The fourth-order valence-electron chi connectivity index (χ4n) is 1.39. The maximum atomic E-state index is 11.7. The van der Waals surface area contributed by atoms with Gasteiger partial charge in [0.15, 0.2) is 5.78 Å². The van der Waals surface area contributed by atoms with Gasteiger partial charge in [0.05, 0.1) is 7.11 Å². The molecule has 17 heavy (non-hydrogen) atoms. The SMILES string of the molecule is COc1cccc(C(=O)CCCNC(=O)O)c1. The van der Waals surface area contributed by atoms with Crippen molar-refractivity contribution < 1.29 is 19.4 Å². The Labute approximate surface area is 99.4 Å². The lowest BCUT2D eigenvalue weighted by Gasteiger charge is -2.04. The Hall–Kier alpha value is -2.04. The smallest absolute Gasteiger partial charge is 0.404 e. The Kier molecular flexibility index (Phi) is 5.00. The first-order valence-corrected chi connectivity index (χ1v) is 5.27. The van der Waals surface area contributed by atoms with Gasteiger partial charge in [0.25, 0.3) is 0 Å². The molecule has 0 aromatic heterocycles. The maximum Gasteiger partial charge on any atom is 0.404 e. The van der Waals surface area contributed by atoms with E-state index < -0.39 is 6.09 Å². The number of ketones is 1. The van der Waals surface area contributed by atoms with E-state index in [9.17, 15) is 9.59 Å². The van der Waals surface area contributed by atoms with Gasteiger partial charge >= 0.3 is 6.09 Å². The van der Waals surface area contributed by atoms with Crippen LogP contribution in [0.5, 0.6) is 5.75 Å².